The Morgan fingerprint density at radius 1 is 1.38 bits per heavy atom. The van der Waals surface area contributed by atoms with Crippen LogP contribution in [0.2, 0.25) is 5.15 Å². The Bertz CT molecular complexity index is 586. The van der Waals surface area contributed by atoms with Gasteiger partial charge in [0.2, 0.25) is 0 Å². The van der Waals surface area contributed by atoms with Gasteiger partial charge in [-0.3, -0.25) is 9.89 Å². The van der Waals surface area contributed by atoms with Crippen LogP contribution in [-0.4, -0.2) is 15.2 Å². The van der Waals surface area contributed by atoms with E-state index in [1.807, 2.05) is 0 Å². The van der Waals surface area contributed by atoms with Gasteiger partial charge in [0.25, 0.3) is 5.56 Å². The quantitative estimate of drug-likeness (QED) is 0.621. The van der Waals surface area contributed by atoms with Gasteiger partial charge in [-0.25, -0.2) is 4.98 Å². The highest BCUT2D eigenvalue weighted by atomic mass is 35.5. The van der Waals surface area contributed by atoms with E-state index in [2.05, 4.69) is 25.4 Å². The van der Waals surface area contributed by atoms with Crippen LogP contribution in [0.1, 0.15) is 5.69 Å². The Balaban J connectivity index is 2.36. The summed E-state index contributed by atoms with van der Waals surface area (Å²) in [5.74, 6) is 0. The molecule has 2 heterocycles. The van der Waals surface area contributed by atoms with Crippen molar-refractivity contribution in [3.8, 4) is 0 Å². The van der Waals surface area contributed by atoms with E-state index >= 15 is 0 Å². The molecule has 2 aromatic heterocycles. The number of aromatic nitrogens is 3. The summed E-state index contributed by atoms with van der Waals surface area (Å²) < 4.78 is 0. The van der Waals surface area contributed by atoms with Gasteiger partial charge in [-0.15, -0.1) is 10.2 Å². The van der Waals surface area contributed by atoms with Gasteiger partial charge in [-0.1, -0.05) is 11.6 Å². The summed E-state index contributed by atoms with van der Waals surface area (Å²) >= 11 is 5.79. The average molecular weight is 238 g/mol. The van der Waals surface area contributed by atoms with Crippen molar-refractivity contribution in [1.82, 2.24) is 15.2 Å². The zero-order chi connectivity index (χ0) is 11.5. The molecule has 0 radical (unpaired) electrons. The van der Waals surface area contributed by atoms with Crippen LogP contribution in [0, 0.1) is 6.92 Å². The molecule has 0 amide bonds. The second-order valence-corrected chi connectivity index (χ2v) is 3.42. The van der Waals surface area contributed by atoms with Crippen LogP contribution >= 0.6 is 11.6 Å². The molecular formula is C9H8ClN5O. The van der Waals surface area contributed by atoms with Crippen molar-refractivity contribution in [2.24, 2.45) is 10.2 Å². The molecule has 2 rings (SSSR count). The van der Waals surface area contributed by atoms with E-state index in [1.54, 1.807) is 25.3 Å². The molecule has 0 aliphatic carbocycles. The van der Waals surface area contributed by atoms with E-state index < -0.39 is 0 Å². The molecule has 0 aromatic carbocycles. The normalized spacial score (nSPS) is 11.1. The van der Waals surface area contributed by atoms with Crippen molar-refractivity contribution in [2.75, 3.05) is 0 Å². The van der Waals surface area contributed by atoms with Gasteiger partial charge in [0.05, 0.1) is 5.69 Å². The minimum Gasteiger partial charge on any atom is -0.300 e. The van der Waals surface area contributed by atoms with Crippen molar-refractivity contribution in [2.45, 2.75) is 6.92 Å². The molecule has 0 aliphatic heterocycles. The lowest BCUT2D eigenvalue weighted by molar-refractivity contribution is 1.02. The van der Waals surface area contributed by atoms with Gasteiger partial charge in [-0.05, 0) is 19.1 Å². The smallest absolute Gasteiger partial charge is 0.291 e. The summed E-state index contributed by atoms with van der Waals surface area (Å²) in [7, 11) is 0. The molecule has 6 nitrogen and oxygen atoms in total. The van der Waals surface area contributed by atoms with Gasteiger partial charge in [-0.2, -0.15) is 0 Å². The first kappa shape index (κ1) is 10.6. The first-order valence-electron chi connectivity index (χ1n) is 4.48. The number of nitrogens with one attached hydrogen (secondary N) is 2. The Labute approximate surface area is 95.4 Å². The van der Waals surface area contributed by atoms with Crippen molar-refractivity contribution in [1.29, 1.82) is 0 Å². The fourth-order valence-corrected chi connectivity index (χ4v) is 1.27. The molecular weight excluding hydrogens is 230 g/mol. The molecule has 2 aromatic rings. The highest BCUT2D eigenvalue weighted by molar-refractivity contribution is 6.31. The highest BCUT2D eigenvalue weighted by Crippen LogP contribution is 2.23. The molecule has 0 aliphatic rings. The summed E-state index contributed by atoms with van der Waals surface area (Å²) in [6.45, 7) is 1.72. The van der Waals surface area contributed by atoms with Crippen molar-refractivity contribution in [3.63, 3.8) is 0 Å². The number of H-pyrrole nitrogens is 2. The molecule has 0 spiro atoms. The van der Waals surface area contributed by atoms with Crippen LogP contribution in [0.3, 0.4) is 0 Å². The topological polar surface area (TPSA) is 86.3 Å². The minimum absolute atomic E-state index is 0.236. The number of aromatic amines is 2. The van der Waals surface area contributed by atoms with Crippen LogP contribution in [-0.2, 0) is 0 Å². The predicted molar refractivity (Wildman–Crippen MR) is 59.6 cm³/mol. The predicted octanol–water partition coefficient (Wildman–Crippen LogP) is 2.48. The molecule has 2 N–H and O–H groups in total. The number of rotatable bonds is 2. The maximum absolute atomic E-state index is 11.3. The number of pyridine rings is 1. The van der Waals surface area contributed by atoms with Gasteiger partial charge in [0.15, 0.2) is 10.8 Å². The first-order chi connectivity index (χ1) is 7.68. The summed E-state index contributed by atoms with van der Waals surface area (Å²) in [5, 5.41) is 13.0. The molecule has 0 fully saturated rings. The second kappa shape index (κ2) is 4.28. The highest BCUT2D eigenvalue weighted by Gasteiger charge is 2.04. The number of aryl methyl sites for hydroxylation is 1. The summed E-state index contributed by atoms with van der Waals surface area (Å²) in [5.41, 5.74) is 0.958. The zero-order valence-electron chi connectivity index (χ0n) is 8.36. The van der Waals surface area contributed by atoms with Gasteiger partial charge >= 0.3 is 0 Å². The zero-order valence-corrected chi connectivity index (χ0v) is 9.12. The molecule has 7 heteroatoms. The molecule has 0 unspecified atom stereocenters. The average Bonchev–Trinajstić information content (AvgIpc) is 2.58. The van der Waals surface area contributed by atoms with E-state index in [-0.39, 0.29) is 16.4 Å². The number of halogens is 1. The largest absolute Gasteiger partial charge is 0.300 e. The summed E-state index contributed by atoms with van der Waals surface area (Å²) in [4.78, 5) is 15.1. The number of hydrogen-bond acceptors (Lipinski definition) is 4. The number of hydrogen-bond donors (Lipinski definition) is 2. The Hall–Kier alpha value is -1.95. The summed E-state index contributed by atoms with van der Waals surface area (Å²) in [6, 6.07) is 3.35. The van der Waals surface area contributed by atoms with Crippen molar-refractivity contribution in [3.05, 3.63) is 39.5 Å². The fraction of sp³-hybridized carbons (Fsp3) is 0.111. The molecule has 16 heavy (non-hydrogen) atoms. The Kier molecular flexibility index (Phi) is 2.82. The van der Waals surface area contributed by atoms with E-state index in [9.17, 15) is 4.79 Å². The van der Waals surface area contributed by atoms with Crippen molar-refractivity contribution < 1.29 is 0 Å². The number of azo groups is 1. The van der Waals surface area contributed by atoms with Crippen molar-refractivity contribution >= 4 is 23.0 Å². The molecule has 0 bridgehead atoms. The monoisotopic (exact) mass is 237 g/mol. The van der Waals surface area contributed by atoms with Crippen LogP contribution in [0.4, 0.5) is 11.4 Å². The lowest BCUT2D eigenvalue weighted by Gasteiger charge is -1.93. The Morgan fingerprint density at radius 3 is 2.81 bits per heavy atom. The van der Waals surface area contributed by atoms with Gasteiger partial charge in [0.1, 0.15) is 5.69 Å². The van der Waals surface area contributed by atoms with Crippen LogP contribution < -0.4 is 5.56 Å². The minimum atomic E-state index is -0.318. The summed E-state index contributed by atoms with van der Waals surface area (Å²) in [6.07, 6.45) is 1.55. The van der Waals surface area contributed by atoms with Gasteiger partial charge < -0.3 is 5.10 Å². The molecule has 0 atom stereocenters. The third-order valence-corrected chi connectivity index (χ3v) is 2.22. The van der Waals surface area contributed by atoms with Crippen LogP contribution in [0.5, 0.6) is 0 Å². The second-order valence-electron chi connectivity index (χ2n) is 3.07. The van der Waals surface area contributed by atoms with Crippen LogP contribution in [0.15, 0.2) is 33.4 Å². The van der Waals surface area contributed by atoms with E-state index in [0.717, 1.165) is 0 Å². The van der Waals surface area contributed by atoms with E-state index in [4.69, 9.17) is 11.6 Å². The standard InChI is InChI=1S/C9H8ClN5O/c1-5-7(9(16)15-12-5)14-13-6-3-2-4-11-8(6)10/h2-4H,1H3,(H2,12,15,16). The SMILES string of the molecule is Cc1[nH][nH]c(=O)c1N=Nc1cccnc1Cl. The van der Waals surface area contributed by atoms with E-state index in [0.29, 0.717) is 11.4 Å². The third-order valence-electron chi connectivity index (χ3n) is 1.93. The maximum atomic E-state index is 11.3. The van der Waals surface area contributed by atoms with E-state index in [1.165, 1.54) is 0 Å². The third kappa shape index (κ3) is 2.01. The lowest BCUT2D eigenvalue weighted by Crippen LogP contribution is -1.96. The fourth-order valence-electron chi connectivity index (χ4n) is 1.12. The van der Waals surface area contributed by atoms with Crippen LogP contribution in [0.25, 0.3) is 0 Å². The first-order valence-corrected chi connectivity index (χ1v) is 4.86. The lowest BCUT2D eigenvalue weighted by atomic mass is 10.4. The maximum Gasteiger partial charge on any atom is 0.291 e. The molecule has 82 valence electrons. The Morgan fingerprint density at radius 2 is 2.19 bits per heavy atom. The number of nitrogens with zero attached hydrogens (tertiary/aromatic N) is 3. The molecule has 0 saturated carbocycles. The molecule has 0 saturated heterocycles. The van der Waals surface area contributed by atoms with Gasteiger partial charge in [0, 0.05) is 6.20 Å².